The van der Waals surface area contributed by atoms with Crippen LogP contribution in [0, 0.1) is 13.8 Å². The minimum atomic E-state index is -0.00149. The fourth-order valence-corrected chi connectivity index (χ4v) is 2.88. The molecule has 7 heteroatoms. The first kappa shape index (κ1) is 24.3. The highest BCUT2D eigenvalue weighted by atomic mass is 127. The van der Waals surface area contributed by atoms with Gasteiger partial charge in [0.1, 0.15) is 6.54 Å². The quantitative estimate of drug-likeness (QED) is 0.293. The van der Waals surface area contributed by atoms with E-state index >= 15 is 0 Å². The van der Waals surface area contributed by atoms with Gasteiger partial charge in [0, 0.05) is 52.5 Å². The molecule has 1 N–H and O–H groups in total. The summed E-state index contributed by atoms with van der Waals surface area (Å²) < 4.78 is 0. The lowest BCUT2D eigenvalue weighted by Crippen LogP contribution is -2.53. The molecule has 0 radical (unpaired) electrons. The van der Waals surface area contributed by atoms with Crippen LogP contribution < -0.4 is 10.2 Å². The molecule has 1 fully saturated rings. The maximum absolute atomic E-state index is 11.9. The van der Waals surface area contributed by atoms with Crippen molar-refractivity contribution in [2.75, 3.05) is 58.3 Å². The summed E-state index contributed by atoms with van der Waals surface area (Å²) in [4.78, 5) is 22.7. The minimum Gasteiger partial charge on any atom is -0.368 e. The normalized spacial score (nSPS) is 14.4. The molecule has 0 aromatic heterocycles. The van der Waals surface area contributed by atoms with Crippen molar-refractivity contribution in [2.24, 2.45) is 4.99 Å². The Labute approximate surface area is 186 Å². The van der Waals surface area contributed by atoms with Gasteiger partial charge >= 0.3 is 0 Å². The Morgan fingerprint density at radius 2 is 1.82 bits per heavy atom. The third-order valence-electron chi connectivity index (χ3n) is 4.85. The van der Waals surface area contributed by atoms with E-state index in [1.165, 1.54) is 16.8 Å². The van der Waals surface area contributed by atoms with E-state index in [0.29, 0.717) is 6.54 Å². The number of aliphatic imine (C=N–C) groups is 1. The van der Waals surface area contributed by atoms with E-state index in [1.807, 2.05) is 6.92 Å². The van der Waals surface area contributed by atoms with Crippen molar-refractivity contribution in [1.82, 2.24) is 15.1 Å². The number of carbonyl (C=O) groups is 1. The third-order valence-corrected chi connectivity index (χ3v) is 4.85. The van der Waals surface area contributed by atoms with Gasteiger partial charge < -0.3 is 20.0 Å². The molecule has 2 rings (SSSR count). The maximum atomic E-state index is 11.9. The number of carbonyl (C=O) groups excluding carboxylic acids is 1. The number of rotatable bonds is 5. The predicted molar refractivity (Wildman–Crippen MR) is 129 cm³/mol. The van der Waals surface area contributed by atoms with E-state index in [4.69, 9.17) is 0 Å². The van der Waals surface area contributed by atoms with Crippen molar-refractivity contribution in [3.05, 3.63) is 41.5 Å². The van der Waals surface area contributed by atoms with E-state index < -0.39 is 0 Å². The molecule has 0 unspecified atom stereocenters. The molecule has 6 nitrogen and oxygen atoms in total. The fraction of sp³-hybridized carbons (Fsp3) is 0.524. The van der Waals surface area contributed by atoms with Gasteiger partial charge in [0.05, 0.1) is 0 Å². The molecule has 0 aliphatic carbocycles. The van der Waals surface area contributed by atoms with Crippen LogP contribution in [-0.2, 0) is 4.79 Å². The first-order valence-corrected chi connectivity index (χ1v) is 9.48. The van der Waals surface area contributed by atoms with Gasteiger partial charge in [0.15, 0.2) is 5.96 Å². The molecule has 1 aromatic carbocycles. The van der Waals surface area contributed by atoms with Crippen molar-refractivity contribution in [3.63, 3.8) is 0 Å². The van der Waals surface area contributed by atoms with Gasteiger partial charge in [-0.3, -0.25) is 4.79 Å². The lowest BCUT2D eigenvalue weighted by atomic mass is 10.1. The average molecular weight is 499 g/mol. The first-order valence-electron chi connectivity index (χ1n) is 9.48. The molecule has 0 bridgehead atoms. The number of piperazine rings is 1. The molecule has 0 saturated carbocycles. The molecule has 1 amide bonds. The minimum absolute atomic E-state index is 0. The fourth-order valence-electron chi connectivity index (χ4n) is 2.88. The van der Waals surface area contributed by atoms with Gasteiger partial charge in [-0.1, -0.05) is 18.2 Å². The zero-order chi connectivity index (χ0) is 20.0. The maximum Gasteiger partial charge on any atom is 0.243 e. The van der Waals surface area contributed by atoms with Crippen molar-refractivity contribution in [1.29, 1.82) is 0 Å². The largest absolute Gasteiger partial charge is 0.368 e. The van der Waals surface area contributed by atoms with Crippen LogP contribution in [-0.4, -0.2) is 75.0 Å². The number of likely N-dealkylation sites (N-methyl/N-ethyl adjacent to an activating group) is 1. The van der Waals surface area contributed by atoms with E-state index in [-0.39, 0.29) is 36.4 Å². The molecule has 156 valence electrons. The molecule has 28 heavy (non-hydrogen) atoms. The Morgan fingerprint density at radius 1 is 1.18 bits per heavy atom. The smallest absolute Gasteiger partial charge is 0.243 e. The number of halogens is 1. The highest BCUT2D eigenvalue weighted by Crippen LogP contribution is 2.20. The number of amides is 1. The predicted octanol–water partition coefficient (Wildman–Crippen LogP) is 2.65. The summed E-state index contributed by atoms with van der Waals surface area (Å²) in [6.07, 6.45) is 0. The first-order chi connectivity index (χ1) is 12.8. The van der Waals surface area contributed by atoms with E-state index in [2.05, 4.69) is 58.7 Å². The summed E-state index contributed by atoms with van der Waals surface area (Å²) in [6.45, 7) is 14.6. The van der Waals surface area contributed by atoms with E-state index in [1.54, 1.807) is 19.0 Å². The number of aryl methyl sites for hydroxylation is 2. The zero-order valence-electron chi connectivity index (χ0n) is 17.8. The van der Waals surface area contributed by atoms with Crippen LogP contribution in [0.5, 0.6) is 0 Å². The molecular formula is C21H34IN5O. The van der Waals surface area contributed by atoms with Crippen LogP contribution in [0.4, 0.5) is 5.69 Å². The highest BCUT2D eigenvalue weighted by Gasteiger charge is 2.20. The number of anilines is 1. The van der Waals surface area contributed by atoms with Gasteiger partial charge in [-0.05, 0) is 44.0 Å². The lowest BCUT2D eigenvalue weighted by Gasteiger charge is -2.38. The summed E-state index contributed by atoms with van der Waals surface area (Å²) in [7, 11) is 3.50. The number of nitrogens with zero attached hydrogens (tertiary/aromatic N) is 4. The molecule has 0 spiro atoms. The molecular weight excluding hydrogens is 465 g/mol. The Kier molecular flexibility index (Phi) is 9.78. The number of benzene rings is 1. The van der Waals surface area contributed by atoms with Crippen LogP contribution in [0.25, 0.3) is 0 Å². The lowest BCUT2D eigenvalue weighted by molar-refractivity contribution is -0.127. The van der Waals surface area contributed by atoms with Gasteiger partial charge in [0.25, 0.3) is 0 Å². The zero-order valence-corrected chi connectivity index (χ0v) is 20.1. The Hall–Kier alpha value is -1.77. The standard InChI is InChI=1S/C21H33N5O.HI/c1-16(2)14-22-21(23-15-20(27)24(5)6)26-11-9-25(10-12-26)19-8-7-17(3)18(4)13-19;/h7-8,13H,1,9-12,14-15H2,2-6H3,(H,22,23);1H. The summed E-state index contributed by atoms with van der Waals surface area (Å²) in [5.74, 6) is 0.784. The molecule has 1 saturated heterocycles. The average Bonchev–Trinajstić information content (AvgIpc) is 2.63. The van der Waals surface area contributed by atoms with Crippen molar-refractivity contribution in [3.8, 4) is 0 Å². The van der Waals surface area contributed by atoms with Crippen LogP contribution in [0.15, 0.2) is 35.3 Å². The SMILES string of the molecule is C=C(C)CNC(=NCC(=O)N(C)C)N1CCN(c2ccc(C)c(C)c2)CC1.I. The van der Waals surface area contributed by atoms with Crippen LogP contribution >= 0.6 is 24.0 Å². The Morgan fingerprint density at radius 3 is 2.36 bits per heavy atom. The molecule has 1 aromatic rings. The van der Waals surface area contributed by atoms with Gasteiger partial charge in [-0.15, -0.1) is 24.0 Å². The van der Waals surface area contributed by atoms with Crippen molar-refractivity contribution >= 4 is 41.5 Å². The molecule has 1 aliphatic rings. The van der Waals surface area contributed by atoms with Crippen molar-refractivity contribution in [2.45, 2.75) is 20.8 Å². The van der Waals surface area contributed by atoms with Gasteiger partial charge in [-0.2, -0.15) is 0 Å². The highest BCUT2D eigenvalue weighted by molar-refractivity contribution is 14.0. The summed E-state index contributed by atoms with van der Waals surface area (Å²) in [5.41, 5.74) is 4.95. The second-order valence-electron chi connectivity index (χ2n) is 7.48. The third kappa shape index (κ3) is 7.00. The summed E-state index contributed by atoms with van der Waals surface area (Å²) in [5, 5.41) is 3.34. The van der Waals surface area contributed by atoms with Crippen LogP contribution in [0.2, 0.25) is 0 Å². The molecule has 0 atom stereocenters. The van der Waals surface area contributed by atoms with E-state index in [0.717, 1.165) is 37.7 Å². The van der Waals surface area contributed by atoms with E-state index in [9.17, 15) is 4.79 Å². The van der Waals surface area contributed by atoms with Gasteiger partial charge in [0.2, 0.25) is 5.91 Å². The number of hydrogen-bond donors (Lipinski definition) is 1. The second-order valence-corrected chi connectivity index (χ2v) is 7.48. The Balaban J connectivity index is 0.00000392. The second kappa shape index (κ2) is 11.3. The van der Waals surface area contributed by atoms with Crippen LogP contribution in [0.3, 0.4) is 0 Å². The molecule has 1 heterocycles. The Bertz CT molecular complexity index is 709. The van der Waals surface area contributed by atoms with Crippen molar-refractivity contribution < 1.29 is 4.79 Å². The number of hydrogen-bond acceptors (Lipinski definition) is 3. The van der Waals surface area contributed by atoms with Gasteiger partial charge in [-0.25, -0.2) is 4.99 Å². The summed E-state index contributed by atoms with van der Waals surface area (Å²) in [6, 6.07) is 6.64. The van der Waals surface area contributed by atoms with Crippen LogP contribution in [0.1, 0.15) is 18.1 Å². The number of nitrogens with one attached hydrogen (secondary N) is 1. The molecule has 1 aliphatic heterocycles. The topological polar surface area (TPSA) is 51.2 Å². The monoisotopic (exact) mass is 499 g/mol. The number of guanidine groups is 1. The summed E-state index contributed by atoms with van der Waals surface area (Å²) >= 11 is 0.